The zero-order chi connectivity index (χ0) is 18.9. The number of aromatic nitrogens is 2. The molecule has 9 heteroatoms. The van der Waals surface area contributed by atoms with Crippen LogP contribution in [0.5, 0.6) is 0 Å². The van der Waals surface area contributed by atoms with E-state index in [2.05, 4.69) is 44.3 Å². The van der Waals surface area contributed by atoms with Gasteiger partial charge in [0.15, 0.2) is 5.96 Å². The van der Waals surface area contributed by atoms with Crippen LogP contribution in [0.2, 0.25) is 0 Å². The standard InChI is InChI=1S/C18H31N7O.HI/c1-5-14(2)22-17(21-13-16(26)24(3)4)23-15-7-11-25(12-8-15)18-19-9-6-10-20-18;/h6,9-10,14-15H,5,7-8,11-13H2,1-4H3,(H2,21,22,23);1H. The number of anilines is 1. The van der Waals surface area contributed by atoms with Crippen LogP contribution in [0.4, 0.5) is 5.95 Å². The third kappa shape index (κ3) is 7.86. The van der Waals surface area contributed by atoms with Crippen molar-refractivity contribution in [2.45, 2.75) is 45.2 Å². The molecule has 0 aliphatic carbocycles. The van der Waals surface area contributed by atoms with Gasteiger partial charge in [-0.25, -0.2) is 15.0 Å². The van der Waals surface area contributed by atoms with E-state index in [0.29, 0.717) is 18.0 Å². The number of likely N-dealkylation sites (N-methyl/N-ethyl adjacent to an activating group) is 1. The molecule has 1 amide bonds. The summed E-state index contributed by atoms with van der Waals surface area (Å²) in [4.78, 5) is 28.7. The van der Waals surface area contributed by atoms with E-state index in [1.165, 1.54) is 0 Å². The number of carbonyl (C=O) groups excluding carboxylic acids is 1. The Hall–Kier alpha value is -1.65. The Morgan fingerprint density at radius 1 is 1.33 bits per heavy atom. The summed E-state index contributed by atoms with van der Waals surface area (Å²) in [7, 11) is 3.49. The lowest BCUT2D eigenvalue weighted by Crippen LogP contribution is -2.51. The van der Waals surface area contributed by atoms with Gasteiger partial charge >= 0.3 is 0 Å². The molecule has 152 valence electrons. The fourth-order valence-electron chi connectivity index (χ4n) is 2.63. The number of nitrogens with zero attached hydrogens (tertiary/aromatic N) is 5. The normalized spacial score (nSPS) is 16.3. The predicted molar refractivity (Wildman–Crippen MR) is 120 cm³/mol. The summed E-state index contributed by atoms with van der Waals surface area (Å²) >= 11 is 0. The summed E-state index contributed by atoms with van der Waals surface area (Å²) in [5.41, 5.74) is 0. The Bertz CT molecular complexity index is 589. The summed E-state index contributed by atoms with van der Waals surface area (Å²) < 4.78 is 0. The number of piperidine rings is 1. The molecule has 2 rings (SSSR count). The summed E-state index contributed by atoms with van der Waals surface area (Å²) in [6.45, 7) is 6.18. The zero-order valence-corrected chi connectivity index (χ0v) is 19.0. The van der Waals surface area contributed by atoms with Gasteiger partial charge in [0, 0.05) is 51.7 Å². The summed E-state index contributed by atoms with van der Waals surface area (Å²) in [6, 6.07) is 2.45. The number of guanidine groups is 1. The first-order valence-corrected chi connectivity index (χ1v) is 9.29. The third-order valence-corrected chi connectivity index (χ3v) is 4.54. The minimum atomic E-state index is -0.00806. The number of rotatable bonds is 6. The largest absolute Gasteiger partial charge is 0.354 e. The Balaban J connectivity index is 0.00000364. The third-order valence-electron chi connectivity index (χ3n) is 4.54. The molecule has 0 spiro atoms. The average molecular weight is 489 g/mol. The van der Waals surface area contributed by atoms with Crippen LogP contribution >= 0.6 is 24.0 Å². The molecule has 1 atom stereocenters. The molecule has 2 N–H and O–H groups in total. The number of halogens is 1. The van der Waals surface area contributed by atoms with Gasteiger partial charge in [-0.2, -0.15) is 0 Å². The van der Waals surface area contributed by atoms with Crippen LogP contribution < -0.4 is 15.5 Å². The smallest absolute Gasteiger partial charge is 0.243 e. The zero-order valence-electron chi connectivity index (χ0n) is 16.7. The fraction of sp³-hybridized carbons (Fsp3) is 0.667. The predicted octanol–water partition coefficient (Wildman–Crippen LogP) is 1.49. The quantitative estimate of drug-likeness (QED) is 0.358. The number of hydrogen-bond donors (Lipinski definition) is 2. The van der Waals surface area contributed by atoms with Gasteiger partial charge < -0.3 is 20.4 Å². The molecule has 1 unspecified atom stereocenters. The maximum absolute atomic E-state index is 11.8. The van der Waals surface area contributed by atoms with Gasteiger partial charge in [-0.1, -0.05) is 6.92 Å². The molecule has 1 aliphatic heterocycles. The number of amides is 1. The molecule has 2 heterocycles. The highest BCUT2D eigenvalue weighted by atomic mass is 127. The van der Waals surface area contributed by atoms with Crippen molar-refractivity contribution in [2.75, 3.05) is 38.6 Å². The van der Waals surface area contributed by atoms with Crippen molar-refractivity contribution >= 4 is 41.8 Å². The van der Waals surface area contributed by atoms with Crippen LogP contribution in [-0.2, 0) is 4.79 Å². The van der Waals surface area contributed by atoms with Crippen LogP contribution in [0.3, 0.4) is 0 Å². The van der Waals surface area contributed by atoms with Crippen LogP contribution in [0, 0.1) is 0 Å². The van der Waals surface area contributed by atoms with Gasteiger partial charge in [0.25, 0.3) is 0 Å². The fourth-order valence-corrected chi connectivity index (χ4v) is 2.63. The minimum Gasteiger partial charge on any atom is -0.354 e. The van der Waals surface area contributed by atoms with E-state index in [1.807, 2.05) is 6.07 Å². The highest BCUT2D eigenvalue weighted by Crippen LogP contribution is 2.15. The Labute approximate surface area is 179 Å². The highest BCUT2D eigenvalue weighted by Gasteiger charge is 2.22. The van der Waals surface area contributed by atoms with Crippen molar-refractivity contribution in [1.29, 1.82) is 0 Å². The lowest BCUT2D eigenvalue weighted by atomic mass is 10.1. The first-order chi connectivity index (χ1) is 12.5. The number of aliphatic imine (C=N–C) groups is 1. The SMILES string of the molecule is CCC(C)NC(=NCC(=O)N(C)C)NC1CCN(c2ncccn2)CC1.I. The number of carbonyl (C=O) groups is 1. The maximum Gasteiger partial charge on any atom is 0.243 e. The van der Waals surface area contributed by atoms with Gasteiger partial charge in [-0.15, -0.1) is 24.0 Å². The van der Waals surface area contributed by atoms with Gasteiger partial charge in [0.2, 0.25) is 11.9 Å². The van der Waals surface area contributed by atoms with Crippen molar-refractivity contribution in [1.82, 2.24) is 25.5 Å². The van der Waals surface area contributed by atoms with Crippen LogP contribution in [0.25, 0.3) is 0 Å². The Morgan fingerprint density at radius 2 is 1.96 bits per heavy atom. The van der Waals surface area contributed by atoms with Crippen molar-refractivity contribution in [2.24, 2.45) is 4.99 Å². The molecule has 1 fully saturated rings. The molecule has 0 aromatic carbocycles. The lowest BCUT2D eigenvalue weighted by Gasteiger charge is -2.33. The number of nitrogens with one attached hydrogen (secondary N) is 2. The van der Waals surface area contributed by atoms with Crippen molar-refractivity contribution in [3.63, 3.8) is 0 Å². The van der Waals surface area contributed by atoms with Gasteiger partial charge in [-0.05, 0) is 32.3 Å². The Kier molecular flexibility index (Phi) is 10.3. The van der Waals surface area contributed by atoms with Gasteiger partial charge in [-0.3, -0.25) is 4.79 Å². The summed E-state index contributed by atoms with van der Waals surface area (Å²) in [5, 5.41) is 6.87. The van der Waals surface area contributed by atoms with E-state index in [0.717, 1.165) is 38.3 Å². The highest BCUT2D eigenvalue weighted by molar-refractivity contribution is 14.0. The molecule has 1 aromatic heterocycles. The van der Waals surface area contributed by atoms with E-state index in [-0.39, 0.29) is 36.4 Å². The molecule has 1 aromatic rings. The van der Waals surface area contributed by atoms with E-state index < -0.39 is 0 Å². The van der Waals surface area contributed by atoms with Crippen LogP contribution in [0.1, 0.15) is 33.1 Å². The van der Waals surface area contributed by atoms with E-state index in [1.54, 1.807) is 31.4 Å². The molecule has 1 saturated heterocycles. The molecule has 1 aliphatic rings. The van der Waals surface area contributed by atoms with E-state index in [4.69, 9.17) is 0 Å². The maximum atomic E-state index is 11.8. The monoisotopic (exact) mass is 489 g/mol. The average Bonchev–Trinajstić information content (AvgIpc) is 2.66. The molecule has 0 radical (unpaired) electrons. The Morgan fingerprint density at radius 3 is 2.52 bits per heavy atom. The first-order valence-electron chi connectivity index (χ1n) is 9.29. The topological polar surface area (TPSA) is 85.8 Å². The molecule has 8 nitrogen and oxygen atoms in total. The summed E-state index contributed by atoms with van der Waals surface area (Å²) in [6.07, 6.45) is 6.48. The lowest BCUT2D eigenvalue weighted by molar-refractivity contribution is -0.127. The molecule has 0 saturated carbocycles. The van der Waals surface area contributed by atoms with Crippen molar-refractivity contribution in [3.05, 3.63) is 18.5 Å². The van der Waals surface area contributed by atoms with Gasteiger partial charge in [0.05, 0.1) is 0 Å². The molecular weight excluding hydrogens is 457 g/mol. The van der Waals surface area contributed by atoms with E-state index in [9.17, 15) is 4.79 Å². The summed E-state index contributed by atoms with van der Waals surface area (Å²) in [5.74, 6) is 1.49. The number of hydrogen-bond acceptors (Lipinski definition) is 5. The second-order valence-electron chi connectivity index (χ2n) is 6.86. The second-order valence-corrected chi connectivity index (χ2v) is 6.86. The van der Waals surface area contributed by atoms with Crippen molar-refractivity contribution in [3.8, 4) is 0 Å². The molecule has 0 bridgehead atoms. The minimum absolute atomic E-state index is 0. The molecule has 27 heavy (non-hydrogen) atoms. The van der Waals surface area contributed by atoms with E-state index >= 15 is 0 Å². The second kappa shape index (κ2) is 11.9. The van der Waals surface area contributed by atoms with Crippen LogP contribution in [-0.4, -0.2) is 72.5 Å². The molecular formula is C18H32IN7O. The van der Waals surface area contributed by atoms with Crippen molar-refractivity contribution < 1.29 is 4.79 Å². The van der Waals surface area contributed by atoms with Gasteiger partial charge in [0.1, 0.15) is 6.54 Å². The van der Waals surface area contributed by atoms with Crippen LogP contribution in [0.15, 0.2) is 23.5 Å². The first kappa shape index (κ1) is 23.4.